The molecule has 162 valence electrons. The highest BCUT2D eigenvalue weighted by molar-refractivity contribution is 7.92. The number of rotatable bonds is 6. The first-order chi connectivity index (χ1) is 15.3. The molecule has 32 heavy (non-hydrogen) atoms. The summed E-state index contributed by atoms with van der Waals surface area (Å²) in [5, 5.41) is 4.47. The molecule has 0 saturated carbocycles. The SMILES string of the molecule is O=C(CN(c1ccc(F)cc1)S(=O)(=O)c1ccc(F)cc1)Nc1cccc2ccccc12. The Balaban J connectivity index is 1.68. The lowest BCUT2D eigenvalue weighted by Gasteiger charge is -2.24. The highest BCUT2D eigenvalue weighted by Crippen LogP contribution is 2.26. The number of hydrogen-bond donors (Lipinski definition) is 1. The number of nitrogens with zero attached hydrogens (tertiary/aromatic N) is 1. The average Bonchev–Trinajstić information content (AvgIpc) is 2.79. The fraction of sp³-hybridized carbons (Fsp3) is 0.0417. The first-order valence-corrected chi connectivity index (χ1v) is 11.1. The lowest BCUT2D eigenvalue weighted by Crippen LogP contribution is -2.38. The number of carbonyl (C=O) groups is 1. The van der Waals surface area contributed by atoms with Crippen molar-refractivity contribution in [1.29, 1.82) is 0 Å². The predicted octanol–water partition coefficient (Wildman–Crippen LogP) is 4.95. The second kappa shape index (κ2) is 8.76. The number of fused-ring (bicyclic) bond motifs is 1. The number of carbonyl (C=O) groups excluding carboxylic acids is 1. The van der Waals surface area contributed by atoms with Gasteiger partial charge in [0.25, 0.3) is 10.0 Å². The summed E-state index contributed by atoms with van der Waals surface area (Å²) in [7, 11) is -4.23. The van der Waals surface area contributed by atoms with Crippen LogP contribution in [-0.4, -0.2) is 20.9 Å². The van der Waals surface area contributed by atoms with Crippen LogP contribution >= 0.6 is 0 Å². The molecule has 8 heteroatoms. The zero-order chi connectivity index (χ0) is 22.7. The van der Waals surface area contributed by atoms with Crippen LogP contribution in [-0.2, 0) is 14.8 Å². The second-order valence-electron chi connectivity index (χ2n) is 7.02. The standard InChI is InChI=1S/C24H18F2N2O3S/c25-18-8-12-20(13-9-18)28(32(30,31)21-14-10-19(26)11-15-21)16-24(29)27-23-7-3-5-17-4-1-2-6-22(17)23/h1-15H,16H2,(H,27,29). The molecule has 0 aromatic heterocycles. The average molecular weight is 452 g/mol. The van der Waals surface area contributed by atoms with E-state index in [9.17, 15) is 22.0 Å². The van der Waals surface area contributed by atoms with E-state index < -0.39 is 34.1 Å². The van der Waals surface area contributed by atoms with Gasteiger partial charge in [-0.3, -0.25) is 9.10 Å². The topological polar surface area (TPSA) is 66.5 Å². The van der Waals surface area contributed by atoms with E-state index in [0.29, 0.717) is 5.69 Å². The Morgan fingerprint density at radius 2 is 1.38 bits per heavy atom. The zero-order valence-electron chi connectivity index (χ0n) is 16.7. The van der Waals surface area contributed by atoms with Gasteiger partial charge in [0.05, 0.1) is 10.6 Å². The van der Waals surface area contributed by atoms with E-state index >= 15 is 0 Å². The van der Waals surface area contributed by atoms with Crippen molar-refractivity contribution in [1.82, 2.24) is 0 Å². The monoisotopic (exact) mass is 452 g/mol. The molecule has 4 aromatic rings. The number of anilines is 2. The molecule has 0 aliphatic rings. The van der Waals surface area contributed by atoms with Crippen LogP contribution in [0.25, 0.3) is 10.8 Å². The number of hydrogen-bond acceptors (Lipinski definition) is 3. The summed E-state index contributed by atoms with van der Waals surface area (Å²) in [5.41, 5.74) is 0.634. The Kier molecular flexibility index (Phi) is 5.87. The molecule has 0 saturated heterocycles. The van der Waals surface area contributed by atoms with E-state index in [-0.39, 0.29) is 10.6 Å². The van der Waals surface area contributed by atoms with E-state index in [1.165, 1.54) is 12.1 Å². The maximum Gasteiger partial charge on any atom is 0.264 e. The zero-order valence-corrected chi connectivity index (χ0v) is 17.5. The summed E-state index contributed by atoms with van der Waals surface area (Å²) >= 11 is 0. The van der Waals surface area contributed by atoms with Gasteiger partial charge in [-0.25, -0.2) is 17.2 Å². The summed E-state index contributed by atoms with van der Waals surface area (Å²) < 4.78 is 54.1. The molecule has 0 bridgehead atoms. The molecule has 5 nitrogen and oxygen atoms in total. The van der Waals surface area contributed by atoms with Crippen LogP contribution in [0, 0.1) is 11.6 Å². The molecule has 0 atom stereocenters. The van der Waals surface area contributed by atoms with Crippen molar-refractivity contribution in [3.05, 3.63) is 103 Å². The van der Waals surface area contributed by atoms with Crippen molar-refractivity contribution in [2.45, 2.75) is 4.90 Å². The van der Waals surface area contributed by atoms with E-state index in [4.69, 9.17) is 0 Å². The largest absolute Gasteiger partial charge is 0.324 e. The Morgan fingerprint density at radius 3 is 2.06 bits per heavy atom. The molecule has 0 spiro atoms. The normalized spacial score (nSPS) is 11.3. The van der Waals surface area contributed by atoms with Gasteiger partial charge in [0, 0.05) is 11.1 Å². The van der Waals surface area contributed by atoms with E-state index in [1.54, 1.807) is 12.1 Å². The van der Waals surface area contributed by atoms with Gasteiger partial charge in [0.2, 0.25) is 5.91 Å². The van der Waals surface area contributed by atoms with Crippen molar-refractivity contribution < 1.29 is 22.0 Å². The van der Waals surface area contributed by atoms with Crippen LogP contribution in [0.15, 0.2) is 95.9 Å². The summed E-state index contributed by atoms with van der Waals surface area (Å²) in [6.45, 7) is -0.561. The fourth-order valence-electron chi connectivity index (χ4n) is 3.31. The molecular weight excluding hydrogens is 434 g/mol. The first kappa shape index (κ1) is 21.5. The lowest BCUT2D eigenvalue weighted by atomic mass is 10.1. The maximum absolute atomic E-state index is 13.4. The third-order valence-corrected chi connectivity index (χ3v) is 6.66. The number of benzene rings is 4. The van der Waals surface area contributed by atoms with Gasteiger partial charge >= 0.3 is 0 Å². The molecule has 0 aliphatic carbocycles. The fourth-order valence-corrected chi connectivity index (χ4v) is 4.73. The van der Waals surface area contributed by atoms with Gasteiger partial charge in [0.15, 0.2) is 0 Å². The van der Waals surface area contributed by atoms with Gasteiger partial charge in [-0.1, -0.05) is 36.4 Å². The van der Waals surface area contributed by atoms with Gasteiger partial charge in [-0.05, 0) is 60.0 Å². The van der Waals surface area contributed by atoms with Gasteiger partial charge in [-0.2, -0.15) is 0 Å². The molecular formula is C24H18F2N2O3S. The predicted molar refractivity (Wildman–Crippen MR) is 120 cm³/mol. The third kappa shape index (κ3) is 4.45. The van der Waals surface area contributed by atoms with Crippen molar-refractivity contribution in [3.8, 4) is 0 Å². The number of halogens is 2. The summed E-state index contributed by atoms with van der Waals surface area (Å²) in [6.07, 6.45) is 0. The minimum Gasteiger partial charge on any atom is -0.324 e. The smallest absolute Gasteiger partial charge is 0.264 e. The van der Waals surface area contributed by atoms with Crippen molar-refractivity contribution in [2.75, 3.05) is 16.2 Å². The molecule has 0 radical (unpaired) electrons. The Labute approximate surface area is 184 Å². The van der Waals surface area contributed by atoms with Crippen molar-refractivity contribution in [2.24, 2.45) is 0 Å². The van der Waals surface area contributed by atoms with E-state index in [1.807, 2.05) is 30.3 Å². The van der Waals surface area contributed by atoms with Crippen LogP contribution < -0.4 is 9.62 Å². The Morgan fingerprint density at radius 1 is 0.781 bits per heavy atom. The highest BCUT2D eigenvalue weighted by atomic mass is 32.2. The van der Waals surface area contributed by atoms with Gasteiger partial charge in [0.1, 0.15) is 18.2 Å². The number of amides is 1. The summed E-state index contributed by atoms with van der Waals surface area (Å²) in [4.78, 5) is 12.7. The van der Waals surface area contributed by atoms with E-state index in [2.05, 4.69) is 5.32 Å². The molecule has 0 heterocycles. The van der Waals surface area contributed by atoms with Crippen LogP contribution in [0.5, 0.6) is 0 Å². The van der Waals surface area contributed by atoms with Crippen molar-refractivity contribution >= 4 is 38.1 Å². The quantitative estimate of drug-likeness (QED) is 0.450. The minimum absolute atomic E-state index is 0.101. The number of nitrogens with one attached hydrogen (secondary N) is 1. The molecule has 0 fully saturated rings. The highest BCUT2D eigenvalue weighted by Gasteiger charge is 2.27. The number of sulfonamides is 1. The maximum atomic E-state index is 13.4. The van der Waals surface area contributed by atoms with Crippen LogP contribution in [0.4, 0.5) is 20.2 Å². The summed E-state index contributed by atoms with van der Waals surface area (Å²) in [6, 6.07) is 21.9. The van der Waals surface area contributed by atoms with Gasteiger partial charge < -0.3 is 5.32 Å². The third-order valence-electron chi connectivity index (χ3n) is 4.87. The Hall–Kier alpha value is -3.78. The van der Waals surface area contributed by atoms with Gasteiger partial charge in [-0.15, -0.1) is 0 Å². The van der Waals surface area contributed by atoms with Crippen LogP contribution in [0.1, 0.15) is 0 Å². The summed E-state index contributed by atoms with van der Waals surface area (Å²) in [5.74, 6) is -1.73. The molecule has 0 unspecified atom stereocenters. The molecule has 4 rings (SSSR count). The molecule has 1 amide bonds. The van der Waals surface area contributed by atoms with Crippen molar-refractivity contribution in [3.63, 3.8) is 0 Å². The second-order valence-corrected chi connectivity index (χ2v) is 8.88. The van der Waals surface area contributed by atoms with E-state index in [0.717, 1.165) is 51.5 Å². The van der Waals surface area contributed by atoms with Crippen LogP contribution in [0.3, 0.4) is 0 Å². The van der Waals surface area contributed by atoms with Crippen LogP contribution in [0.2, 0.25) is 0 Å². The first-order valence-electron chi connectivity index (χ1n) is 9.66. The molecule has 0 aliphatic heterocycles. The molecule has 4 aromatic carbocycles. The lowest BCUT2D eigenvalue weighted by molar-refractivity contribution is -0.114. The Bertz CT molecular complexity index is 1370. The molecule has 1 N–H and O–H groups in total. The minimum atomic E-state index is -4.23.